The number of hydrogen-bond acceptors (Lipinski definition) is 3. The van der Waals surface area contributed by atoms with Crippen molar-refractivity contribution in [3.05, 3.63) is 95.6 Å². The Morgan fingerprint density at radius 1 is 1.03 bits per heavy atom. The highest BCUT2D eigenvalue weighted by Gasteiger charge is 2.15. The molecule has 0 radical (unpaired) electrons. The topological polar surface area (TPSA) is 56.1 Å². The molecule has 0 fully saturated rings. The van der Waals surface area contributed by atoms with Crippen LogP contribution in [-0.2, 0) is 13.1 Å². The van der Waals surface area contributed by atoms with E-state index in [-0.39, 0.29) is 18.3 Å². The normalized spacial score (nSPS) is 10.8. The number of ether oxygens (including phenoxy) is 1. The standard InChI is InChI=1S/C23H20FN3O2/c1-29-21-9-5-2-6-18(21)23(28)25-14-22-26-19-7-3-4-8-20(19)27(22)15-16-10-12-17(24)13-11-16/h2-13H,14-15H2,1H3,(H,25,28). The largest absolute Gasteiger partial charge is 0.496 e. The Bertz CT molecular complexity index is 1150. The van der Waals surface area contributed by atoms with Crippen molar-refractivity contribution >= 4 is 16.9 Å². The van der Waals surface area contributed by atoms with Crippen LogP contribution in [0.5, 0.6) is 5.75 Å². The van der Waals surface area contributed by atoms with E-state index in [4.69, 9.17) is 4.74 Å². The molecule has 146 valence electrons. The van der Waals surface area contributed by atoms with Gasteiger partial charge < -0.3 is 14.6 Å². The molecule has 0 aliphatic heterocycles. The molecular formula is C23H20FN3O2. The summed E-state index contributed by atoms with van der Waals surface area (Å²) in [5.74, 6) is 0.736. The molecule has 5 nitrogen and oxygen atoms in total. The second kappa shape index (κ2) is 8.14. The van der Waals surface area contributed by atoms with Crippen LogP contribution in [0.3, 0.4) is 0 Å². The molecule has 1 heterocycles. The van der Waals surface area contributed by atoms with Gasteiger partial charge >= 0.3 is 0 Å². The number of halogens is 1. The molecule has 0 atom stereocenters. The molecule has 4 aromatic rings. The van der Waals surface area contributed by atoms with Crippen molar-refractivity contribution < 1.29 is 13.9 Å². The summed E-state index contributed by atoms with van der Waals surface area (Å²) in [5, 5.41) is 2.92. The molecule has 0 unspecified atom stereocenters. The molecule has 0 bridgehead atoms. The lowest BCUT2D eigenvalue weighted by Crippen LogP contribution is -2.25. The van der Waals surface area contributed by atoms with Gasteiger partial charge in [0.15, 0.2) is 0 Å². The first-order valence-electron chi connectivity index (χ1n) is 9.25. The molecule has 4 rings (SSSR count). The van der Waals surface area contributed by atoms with Gasteiger partial charge in [0.05, 0.1) is 30.3 Å². The second-order valence-electron chi connectivity index (χ2n) is 6.61. The van der Waals surface area contributed by atoms with E-state index in [1.165, 1.54) is 19.2 Å². The van der Waals surface area contributed by atoms with Gasteiger partial charge in [0.2, 0.25) is 0 Å². The number of amides is 1. The zero-order valence-electron chi connectivity index (χ0n) is 15.9. The minimum atomic E-state index is -0.270. The van der Waals surface area contributed by atoms with Gasteiger partial charge in [-0.15, -0.1) is 0 Å². The van der Waals surface area contributed by atoms with Crippen LogP contribution in [0.2, 0.25) is 0 Å². The third-order valence-electron chi connectivity index (χ3n) is 4.75. The number of hydrogen-bond donors (Lipinski definition) is 1. The molecule has 6 heteroatoms. The van der Waals surface area contributed by atoms with Gasteiger partial charge in [-0.1, -0.05) is 36.4 Å². The molecule has 29 heavy (non-hydrogen) atoms. The van der Waals surface area contributed by atoms with E-state index in [1.54, 1.807) is 30.3 Å². The minimum absolute atomic E-state index is 0.233. The number of carbonyl (C=O) groups is 1. The van der Waals surface area contributed by atoms with Crippen molar-refractivity contribution in [2.45, 2.75) is 13.1 Å². The SMILES string of the molecule is COc1ccccc1C(=O)NCc1nc2ccccc2n1Cc1ccc(F)cc1. The molecular weight excluding hydrogens is 369 g/mol. The summed E-state index contributed by atoms with van der Waals surface area (Å²) in [6, 6.07) is 21.3. The van der Waals surface area contributed by atoms with Crippen molar-refractivity contribution in [2.24, 2.45) is 0 Å². The highest BCUT2D eigenvalue weighted by Crippen LogP contribution is 2.20. The van der Waals surface area contributed by atoms with E-state index in [9.17, 15) is 9.18 Å². The van der Waals surface area contributed by atoms with Gasteiger partial charge in [0.25, 0.3) is 5.91 Å². The van der Waals surface area contributed by atoms with Gasteiger partial charge in [0.1, 0.15) is 17.4 Å². The smallest absolute Gasteiger partial charge is 0.255 e. The Balaban J connectivity index is 1.61. The third-order valence-corrected chi connectivity index (χ3v) is 4.75. The summed E-state index contributed by atoms with van der Waals surface area (Å²) in [7, 11) is 1.54. The van der Waals surface area contributed by atoms with Gasteiger partial charge in [0, 0.05) is 6.54 Å². The molecule has 1 aromatic heterocycles. The fourth-order valence-corrected chi connectivity index (χ4v) is 3.30. The lowest BCUT2D eigenvalue weighted by atomic mass is 10.2. The predicted octanol–water partition coefficient (Wildman–Crippen LogP) is 4.16. The van der Waals surface area contributed by atoms with Gasteiger partial charge in [-0.3, -0.25) is 4.79 Å². The maximum absolute atomic E-state index is 13.3. The van der Waals surface area contributed by atoms with Crippen molar-refractivity contribution in [1.82, 2.24) is 14.9 Å². The van der Waals surface area contributed by atoms with Crippen LogP contribution < -0.4 is 10.1 Å². The van der Waals surface area contributed by atoms with Gasteiger partial charge in [-0.25, -0.2) is 9.37 Å². The Labute approximate surface area is 167 Å². The van der Waals surface area contributed by atoms with Crippen LogP contribution in [0.4, 0.5) is 4.39 Å². The highest BCUT2D eigenvalue weighted by molar-refractivity contribution is 5.96. The first-order chi connectivity index (χ1) is 14.2. The van der Waals surface area contributed by atoms with Crippen LogP contribution in [0, 0.1) is 5.82 Å². The molecule has 0 aliphatic rings. The van der Waals surface area contributed by atoms with Crippen molar-refractivity contribution in [3.63, 3.8) is 0 Å². The molecule has 0 spiro atoms. The number of rotatable bonds is 6. The fraction of sp³-hybridized carbons (Fsp3) is 0.130. The lowest BCUT2D eigenvalue weighted by molar-refractivity contribution is 0.0946. The van der Waals surface area contributed by atoms with Gasteiger partial charge in [-0.2, -0.15) is 0 Å². The van der Waals surface area contributed by atoms with Crippen LogP contribution in [-0.4, -0.2) is 22.6 Å². The van der Waals surface area contributed by atoms with E-state index < -0.39 is 0 Å². The number of nitrogens with zero attached hydrogens (tertiary/aromatic N) is 2. The molecule has 1 amide bonds. The molecule has 3 aromatic carbocycles. The van der Waals surface area contributed by atoms with Crippen LogP contribution in [0.25, 0.3) is 11.0 Å². The molecule has 0 saturated heterocycles. The summed E-state index contributed by atoms with van der Waals surface area (Å²) in [6.45, 7) is 0.785. The number of methoxy groups -OCH3 is 1. The first kappa shape index (κ1) is 18.7. The quantitative estimate of drug-likeness (QED) is 0.539. The average Bonchev–Trinajstić information content (AvgIpc) is 3.11. The Kier molecular flexibility index (Phi) is 5.24. The number of carbonyl (C=O) groups excluding carboxylic acids is 1. The van der Waals surface area contributed by atoms with E-state index in [0.29, 0.717) is 17.9 Å². The van der Waals surface area contributed by atoms with Crippen molar-refractivity contribution in [3.8, 4) is 5.75 Å². The average molecular weight is 389 g/mol. The maximum atomic E-state index is 13.3. The number of para-hydroxylation sites is 3. The Hall–Kier alpha value is -3.67. The summed E-state index contributed by atoms with van der Waals surface area (Å²) < 4.78 is 20.6. The lowest BCUT2D eigenvalue weighted by Gasteiger charge is -2.12. The van der Waals surface area contributed by atoms with E-state index in [0.717, 1.165) is 22.4 Å². The number of nitrogens with one attached hydrogen (secondary N) is 1. The zero-order valence-corrected chi connectivity index (χ0v) is 15.9. The monoisotopic (exact) mass is 389 g/mol. The van der Waals surface area contributed by atoms with Crippen LogP contribution in [0.1, 0.15) is 21.7 Å². The van der Waals surface area contributed by atoms with Crippen LogP contribution in [0.15, 0.2) is 72.8 Å². The van der Waals surface area contributed by atoms with E-state index in [2.05, 4.69) is 10.3 Å². The Morgan fingerprint density at radius 2 is 1.76 bits per heavy atom. The summed E-state index contributed by atoms with van der Waals surface area (Å²) in [4.78, 5) is 17.3. The fourth-order valence-electron chi connectivity index (χ4n) is 3.30. The van der Waals surface area contributed by atoms with Crippen molar-refractivity contribution in [2.75, 3.05) is 7.11 Å². The van der Waals surface area contributed by atoms with Gasteiger partial charge in [-0.05, 0) is 42.0 Å². The predicted molar refractivity (Wildman–Crippen MR) is 109 cm³/mol. The summed E-state index contributed by atoms with van der Waals surface area (Å²) in [5.41, 5.74) is 3.22. The molecule has 0 aliphatic carbocycles. The highest BCUT2D eigenvalue weighted by atomic mass is 19.1. The van der Waals surface area contributed by atoms with E-state index >= 15 is 0 Å². The zero-order chi connectivity index (χ0) is 20.2. The third kappa shape index (κ3) is 3.96. The number of benzene rings is 3. The van der Waals surface area contributed by atoms with Crippen LogP contribution >= 0.6 is 0 Å². The summed E-state index contributed by atoms with van der Waals surface area (Å²) in [6.07, 6.45) is 0. The molecule has 0 saturated carbocycles. The second-order valence-corrected chi connectivity index (χ2v) is 6.61. The number of imidazole rings is 1. The molecule has 1 N–H and O–H groups in total. The first-order valence-corrected chi connectivity index (χ1v) is 9.25. The Morgan fingerprint density at radius 3 is 2.55 bits per heavy atom. The van der Waals surface area contributed by atoms with E-state index in [1.807, 2.05) is 34.9 Å². The maximum Gasteiger partial charge on any atom is 0.255 e. The number of fused-ring (bicyclic) bond motifs is 1. The van der Waals surface area contributed by atoms with Crippen molar-refractivity contribution in [1.29, 1.82) is 0 Å². The minimum Gasteiger partial charge on any atom is -0.496 e. The summed E-state index contributed by atoms with van der Waals surface area (Å²) >= 11 is 0. The number of aromatic nitrogens is 2.